The highest BCUT2D eigenvalue weighted by atomic mass is 35.5. The molecule has 0 atom stereocenters. The molecule has 3 heterocycles. The fourth-order valence-corrected chi connectivity index (χ4v) is 2.84. The molecule has 0 bridgehead atoms. The van der Waals surface area contributed by atoms with E-state index in [0.717, 1.165) is 28.1 Å². The van der Waals surface area contributed by atoms with E-state index in [9.17, 15) is 0 Å². The molecule has 6 nitrogen and oxygen atoms in total. The topological polar surface area (TPSA) is 76.7 Å². The lowest BCUT2D eigenvalue weighted by molar-refractivity contribution is 0.535. The second-order valence-corrected chi connectivity index (χ2v) is 6.35. The van der Waals surface area contributed by atoms with Crippen LogP contribution in [-0.4, -0.2) is 19.9 Å². The van der Waals surface area contributed by atoms with Crippen LogP contribution in [0.15, 0.2) is 65.8 Å². The smallest absolute Gasteiger partial charge is 0.223 e. The van der Waals surface area contributed by atoms with Crippen molar-refractivity contribution in [3.05, 3.63) is 77.7 Å². The van der Waals surface area contributed by atoms with Gasteiger partial charge in [-0.1, -0.05) is 23.7 Å². The Morgan fingerprint density at radius 3 is 2.56 bits per heavy atom. The van der Waals surface area contributed by atoms with Crippen LogP contribution < -0.4 is 5.32 Å². The highest BCUT2D eigenvalue weighted by Gasteiger charge is 2.16. The number of nitrogens with zero attached hydrogens (tertiary/aromatic N) is 4. The summed E-state index contributed by atoms with van der Waals surface area (Å²) in [6.07, 6.45) is 8.37. The average molecular weight is 378 g/mol. The van der Waals surface area contributed by atoms with Gasteiger partial charge in [-0.3, -0.25) is 9.97 Å². The van der Waals surface area contributed by atoms with Gasteiger partial charge >= 0.3 is 0 Å². The molecule has 0 unspecified atom stereocenters. The molecule has 3 aromatic heterocycles. The first-order valence-corrected chi connectivity index (χ1v) is 8.75. The average Bonchev–Trinajstić information content (AvgIpc) is 3.14. The van der Waals surface area contributed by atoms with E-state index in [0.29, 0.717) is 23.2 Å². The lowest BCUT2D eigenvalue weighted by atomic mass is 10.1. The van der Waals surface area contributed by atoms with Gasteiger partial charge in [0.25, 0.3) is 0 Å². The van der Waals surface area contributed by atoms with Crippen LogP contribution in [0.25, 0.3) is 22.5 Å². The van der Waals surface area contributed by atoms with Crippen LogP contribution in [0.4, 0.5) is 5.95 Å². The summed E-state index contributed by atoms with van der Waals surface area (Å²) in [7, 11) is 0. The Kier molecular flexibility index (Phi) is 4.80. The molecule has 0 fully saturated rings. The lowest BCUT2D eigenvalue weighted by Gasteiger charge is -2.11. The van der Waals surface area contributed by atoms with E-state index in [1.165, 1.54) is 0 Å². The van der Waals surface area contributed by atoms with E-state index in [1.54, 1.807) is 31.1 Å². The van der Waals surface area contributed by atoms with Crippen molar-refractivity contribution in [3.8, 4) is 22.5 Å². The van der Waals surface area contributed by atoms with Gasteiger partial charge in [0.1, 0.15) is 5.76 Å². The van der Waals surface area contributed by atoms with Crippen LogP contribution in [-0.2, 0) is 6.54 Å². The van der Waals surface area contributed by atoms with Crippen LogP contribution >= 0.6 is 11.6 Å². The monoisotopic (exact) mass is 377 g/mol. The molecule has 0 amide bonds. The summed E-state index contributed by atoms with van der Waals surface area (Å²) < 4.78 is 5.46. The number of halogens is 1. The Hall–Kier alpha value is -3.25. The molecule has 4 aromatic rings. The number of nitrogens with one attached hydrogen (secondary N) is 1. The molecule has 0 aliphatic rings. The van der Waals surface area contributed by atoms with Crippen molar-refractivity contribution in [1.29, 1.82) is 0 Å². The maximum absolute atomic E-state index is 5.93. The Morgan fingerprint density at radius 1 is 1.00 bits per heavy atom. The molecule has 134 valence electrons. The van der Waals surface area contributed by atoms with Crippen molar-refractivity contribution in [2.45, 2.75) is 13.5 Å². The Labute approximate surface area is 161 Å². The molecule has 0 saturated heterocycles. The van der Waals surface area contributed by atoms with Crippen molar-refractivity contribution in [2.24, 2.45) is 0 Å². The van der Waals surface area contributed by atoms with E-state index < -0.39 is 0 Å². The Balaban J connectivity index is 1.68. The maximum Gasteiger partial charge on any atom is 0.223 e. The van der Waals surface area contributed by atoms with Crippen LogP contribution in [0.3, 0.4) is 0 Å². The van der Waals surface area contributed by atoms with Crippen LogP contribution in [0.2, 0.25) is 5.02 Å². The number of aromatic nitrogens is 4. The first-order chi connectivity index (χ1) is 13.2. The number of rotatable bonds is 5. The van der Waals surface area contributed by atoms with Gasteiger partial charge in [-0.2, -0.15) is 0 Å². The zero-order chi connectivity index (χ0) is 18.6. The zero-order valence-corrected chi connectivity index (χ0v) is 15.3. The summed E-state index contributed by atoms with van der Waals surface area (Å²) in [5.74, 6) is 1.30. The number of benzene rings is 1. The molecule has 0 radical (unpaired) electrons. The van der Waals surface area contributed by atoms with Gasteiger partial charge in [0, 0.05) is 41.3 Å². The van der Waals surface area contributed by atoms with Crippen LogP contribution in [0, 0.1) is 6.92 Å². The summed E-state index contributed by atoms with van der Waals surface area (Å²) in [6.45, 7) is 2.49. The van der Waals surface area contributed by atoms with Crippen molar-refractivity contribution >= 4 is 17.5 Å². The van der Waals surface area contributed by atoms with Crippen molar-refractivity contribution in [3.63, 3.8) is 0 Å². The highest BCUT2D eigenvalue weighted by molar-refractivity contribution is 6.30. The molecule has 0 aliphatic heterocycles. The molecule has 1 aromatic carbocycles. The summed E-state index contributed by atoms with van der Waals surface area (Å²) in [6, 6.07) is 9.53. The molecule has 0 spiro atoms. The van der Waals surface area contributed by atoms with Gasteiger partial charge < -0.3 is 9.73 Å². The first kappa shape index (κ1) is 17.2. The summed E-state index contributed by atoms with van der Waals surface area (Å²) in [5, 5.41) is 3.96. The third-order valence-electron chi connectivity index (χ3n) is 4.11. The van der Waals surface area contributed by atoms with E-state index >= 15 is 0 Å². The molecular formula is C20H16ClN5O. The third kappa shape index (κ3) is 3.80. The van der Waals surface area contributed by atoms with Crippen molar-refractivity contribution in [2.75, 3.05) is 5.32 Å². The number of hydrogen-bond acceptors (Lipinski definition) is 6. The van der Waals surface area contributed by atoms with E-state index in [4.69, 9.17) is 21.0 Å². The lowest BCUT2D eigenvalue weighted by Crippen LogP contribution is -2.05. The predicted molar refractivity (Wildman–Crippen MR) is 104 cm³/mol. The fourth-order valence-electron chi connectivity index (χ4n) is 2.71. The SMILES string of the molecule is Cc1occc1-c1nc(NCc2ccc(Cl)cc2)ncc1-c1cnccn1. The number of hydrogen-bond donors (Lipinski definition) is 1. The number of anilines is 1. The van der Waals surface area contributed by atoms with Gasteiger partial charge in [-0.05, 0) is 30.7 Å². The largest absolute Gasteiger partial charge is 0.469 e. The normalized spacial score (nSPS) is 10.7. The number of aryl methyl sites for hydroxylation is 1. The van der Waals surface area contributed by atoms with E-state index in [-0.39, 0.29) is 0 Å². The zero-order valence-electron chi connectivity index (χ0n) is 14.6. The molecule has 27 heavy (non-hydrogen) atoms. The molecule has 4 rings (SSSR count). The van der Waals surface area contributed by atoms with Crippen LogP contribution in [0.1, 0.15) is 11.3 Å². The predicted octanol–water partition coefficient (Wildman–Crippen LogP) is 4.77. The van der Waals surface area contributed by atoms with Crippen molar-refractivity contribution in [1.82, 2.24) is 19.9 Å². The van der Waals surface area contributed by atoms with E-state index in [2.05, 4.69) is 20.3 Å². The number of furan rings is 1. The van der Waals surface area contributed by atoms with Gasteiger partial charge in [0.15, 0.2) is 0 Å². The highest BCUT2D eigenvalue weighted by Crippen LogP contribution is 2.32. The molecule has 0 aliphatic carbocycles. The Bertz CT molecular complexity index is 1050. The summed E-state index contributed by atoms with van der Waals surface area (Å²) in [5.41, 5.74) is 4.23. The minimum absolute atomic E-state index is 0.521. The van der Waals surface area contributed by atoms with Gasteiger partial charge in [0.2, 0.25) is 5.95 Å². The molecular weight excluding hydrogens is 362 g/mol. The van der Waals surface area contributed by atoms with Gasteiger partial charge in [-0.15, -0.1) is 0 Å². The third-order valence-corrected chi connectivity index (χ3v) is 4.36. The minimum atomic E-state index is 0.521. The maximum atomic E-state index is 5.93. The summed E-state index contributed by atoms with van der Waals surface area (Å²) in [4.78, 5) is 17.7. The van der Waals surface area contributed by atoms with E-state index in [1.807, 2.05) is 37.3 Å². The molecule has 0 saturated carbocycles. The van der Waals surface area contributed by atoms with Crippen LogP contribution in [0.5, 0.6) is 0 Å². The molecule has 7 heteroatoms. The fraction of sp³-hybridized carbons (Fsp3) is 0.100. The minimum Gasteiger partial charge on any atom is -0.469 e. The second kappa shape index (κ2) is 7.55. The van der Waals surface area contributed by atoms with Crippen molar-refractivity contribution < 1.29 is 4.42 Å². The second-order valence-electron chi connectivity index (χ2n) is 5.92. The van der Waals surface area contributed by atoms with Gasteiger partial charge in [0.05, 0.1) is 23.8 Å². The quantitative estimate of drug-likeness (QED) is 0.540. The Morgan fingerprint density at radius 2 is 1.85 bits per heavy atom. The first-order valence-electron chi connectivity index (χ1n) is 8.37. The standard InChI is InChI=1S/C20H16ClN5O/c1-13-16(6-9-27-13)19-17(18-12-22-7-8-23-18)11-25-20(26-19)24-10-14-2-4-15(21)5-3-14/h2-9,11-12H,10H2,1H3,(H,24,25,26). The molecule has 1 N–H and O–H groups in total. The van der Waals surface area contributed by atoms with Gasteiger partial charge in [-0.25, -0.2) is 9.97 Å². The summed E-state index contributed by atoms with van der Waals surface area (Å²) >= 11 is 5.93.